The molecule has 0 bridgehead atoms. The van der Waals surface area contributed by atoms with Gasteiger partial charge in [-0.3, -0.25) is 4.79 Å². The molecule has 2 aromatic rings. The Hall–Kier alpha value is -2.23. The molecule has 0 saturated carbocycles. The number of hydrogen-bond donors (Lipinski definition) is 1. The number of amides is 1. The summed E-state index contributed by atoms with van der Waals surface area (Å²) >= 11 is 0. The van der Waals surface area contributed by atoms with Gasteiger partial charge in [-0.15, -0.1) is 0 Å². The van der Waals surface area contributed by atoms with Crippen LogP contribution in [0.1, 0.15) is 57.8 Å². The zero-order valence-corrected chi connectivity index (χ0v) is 14.3. The Morgan fingerprint density at radius 1 is 1.13 bits per heavy atom. The highest BCUT2D eigenvalue weighted by Crippen LogP contribution is 2.23. The van der Waals surface area contributed by atoms with Crippen LogP contribution in [0.2, 0.25) is 0 Å². The maximum atomic E-state index is 12.6. The fraction of sp³-hybridized carbons (Fsp3) is 0.421. The van der Waals surface area contributed by atoms with Crippen LogP contribution in [-0.2, 0) is 10.2 Å². The molecule has 0 spiro atoms. The molecule has 2 rings (SSSR count). The minimum atomic E-state index is -0.150. The number of benzene rings is 1. The lowest BCUT2D eigenvalue weighted by atomic mass is 9.93. The molecule has 1 amide bonds. The topological polar surface area (TPSA) is 54.9 Å². The highest BCUT2D eigenvalue weighted by molar-refractivity contribution is 5.95. The van der Waals surface area contributed by atoms with Gasteiger partial charge < -0.3 is 5.32 Å². The predicted octanol–water partition coefficient (Wildman–Crippen LogP) is 4.30. The van der Waals surface area contributed by atoms with Gasteiger partial charge in [-0.25, -0.2) is 9.97 Å². The first-order valence-electron chi connectivity index (χ1n) is 8.10. The van der Waals surface area contributed by atoms with Crippen LogP contribution in [0.25, 0.3) is 0 Å². The van der Waals surface area contributed by atoms with Crippen molar-refractivity contribution in [1.82, 2.24) is 9.97 Å². The van der Waals surface area contributed by atoms with Crippen LogP contribution in [0.3, 0.4) is 0 Å². The van der Waals surface area contributed by atoms with Crippen LogP contribution in [0.15, 0.2) is 42.7 Å². The Morgan fingerprint density at radius 2 is 1.74 bits per heavy atom. The van der Waals surface area contributed by atoms with Crippen LogP contribution >= 0.6 is 0 Å². The van der Waals surface area contributed by atoms with E-state index in [4.69, 9.17) is 0 Å². The van der Waals surface area contributed by atoms with E-state index < -0.39 is 0 Å². The van der Waals surface area contributed by atoms with E-state index in [0.29, 0.717) is 5.69 Å². The first-order valence-corrected chi connectivity index (χ1v) is 8.10. The van der Waals surface area contributed by atoms with E-state index in [-0.39, 0.29) is 17.2 Å². The van der Waals surface area contributed by atoms with E-state index in [0.717, 1.165) is 24.2 Å². The minimum absolute atomic E-state index is 0.00911. The Morgan fingerprint density at radius 3 is 2.26 bits per heavy atom. The molecular formula is C19H25N3O. The van der Waals surface area contributed by atoms with E-state index >= 15 is 0 Å². The maximum absolute atomic E-state index is 12.6. The smallest absolute Gasteiger partial charge is 0.231 e. The number of nitrogens with one attached hydrogen (secondary N) is 1. The van der Waals surface area contributed by atoms with Crippen molar-refractivity contribution in [3.8, 4) is 0 Å². The third-order valence-corrected chi connectivity index (χ3v) is 3.69. The van der Waals surface area contributed by atoms with Crippen molar-refractivity contribution in [2.24, 2.45) is 0 Å². The molecule has 122 valence electrons. The lowest BCUT2D eigenvalue weighted by molar-refractivity contribution is -0.117. The second-order valence-electron chi connectivity index (χ2n) is 6.79. The van der Waals surface area contributed by atoms with Crippen molar-refractivity contribution < 1.29 is 4.79 Å². The molecule has 23 heavy (non-hydrogen) atoms. The monoisotopic (exact) mass is 311 g/mol. The molecule has 1 N–H and O–H groups in total. The maximum Gasteiger partial charge on any atom is 0.231 e. The molecule has 1 atom stereocenters. The zero-order chi connectivity index (χ0) is 16.9. The molecule has 0 aliphatic carbocycles. The summed E-state index contributed by atoms with van der Waals surface area (Å²) < 4.78 is 0. The van der Waals surface area contributed by atoms with Gasteiger partial charge in [0.15, 0.2) is 0 Å². The molecule has 4 heteroatoms. The highest BCUT2D eigenvalue weighted by Gasteiger charge is 2.21. The van der Waals surface area contributed by atoms with Gasteiger partial charge >= 0.3 is 0 Å². The summed E-state index contributed by atoms with van der Waals surface area (Å²) in [5, 5.41) is 2.94. The summed E-state index contributed by atoms with van der Waals surface area (Å²) in [7, 11) is 0. The van der Waals surface area contributed by atoms with Crippen molar-refractivity contribution in [2.45, 2.75) is 51.9 Å². The number of aromatic nitrogens is 2. The molecule has 0 fully saturated rings. The second-order valence-corrected chi connectivity index (χ2v) is 6.79. The summed E-state index contributed by atoms with van der Waals surface area (Å²) in [5.74, 6) is 0.609. The molecule has 0 aliphatic rings. The molecule has 0 radical (unpaired) electrons. The number of carbonyl (C=O) groups is 1. The molecule has 1 aromatic carbocycles. The predicted molar refractivity (Wildman–Crippen MR) is 93.5 cm³/mol. The lowest BCUT2D eigenvalue weighted by Crippen LogP contribution is -2.22. The minimum Gasteiger partial charge on any atom is -0.323 e. The lowest BCUT2D eigenvalue weighted by Gasteiger charge is -2.18. The number of nitrogens with zero attached hydrogens (tertiary/aromatic N) is 2. The second kappa shape index (κ2) is 7.36. The standard InChI is InChI=1S/C19H25N3O/c1-5-9-16(14-10-7-6-8-11-14)17(23)22-15-12-20-18(21-13-15)19(2,3)4/h6-8,10-13,16H,5,9H2,1-4H3,(H,22,23). The molecule has 1 aromatic heterocycles. The van der Waals surface area contributed by atoms with Gasteiger partial charge in [-0.2, -0.15) is 0 Å². The van der Waals surface area contributed by atoms with Crippen molar-refractivity contribution in [1.29, 1.82) is 0 Å². The van der Waals surface area contributed by atoms with Gasteiger partial charge in [0.1, 0.15) is 5.82 Å². The largest absolute Gasteiger partial charge is 0.323 e. The van der Waals surface area contributed by atoms with E-state index in [1.54, 1.807) is 12.4 Å². The fourth-order valence-electron chi connectivity index (χ4n) is 2.43. The van der Waals surface area contributed by atoms with E-state index in [9.17, 15) is 4.79 Å². The van der Waals surface area contributed by atoms with Crippen LogP contribution < -0.4 is 5.32 Å². The highest BCUT2D eigenvalue weighted by atomic mass is 16.1. The first kappa shape index (κ1) is 17.1. The zero-order valence-electron chi connectivity index (χ0n) is 14.3. The summed E-state index contributed by atoms with van der Waals surface area (Å²) in [4.78, 5) is 21.3. The van der Waals surface area contributed by atoms with Gasteiger partial charge in [0, 0.05) is 5.41 Å². The summed E-state index contributed by atoms with van der Waals surface area (Å²) in [6.45, 7) is 8.28. The number of carbonyl (C=O) groups excluding carboxylic acids is 1. The van der Waals surface area contributed by atoms with E-state index in [1.807, 2.05) is 30.3 Å². The number of rotatable bonds is 5. The molecular weight excluding hydrogens is 286 g/mol. The molecule has 0 aliphatic heterocycles. The van der Waals surface area contributed by atoms with E-state index in [2.05, 4.69) is 43.0 Å². The molecule has 1 unspecified atom stereocenters. The Labute approximate surface area is 138 Å². The summed E-state index contributed by atoms with van der Waals surface area (Å²) in [5.41, 5.74) is 1.58. The Bertz CT molecular complexity index is 630. The van der Waals surface area contributed by atoms with Gasteiger partial charge in [0.05, 0.1) is 24.0 Å². The SMILES string of the molecule is CCCC(C(=O)Nc1cnc(C(C)(C)C)nc1)c1ccccc1. The van der Waals surface area contributed by atoms with Crippen LogP contribution in [0.5, 0.6) is 0 Å². The van der Waals surface area contributed by atoms with Gasteiger partial charge in [-0.1, -0.05) is 64.4 Å². The van der Waals surface area contributed by atoms with Crippen LogP contribution in [0, 0.1) is 0 Å². The van der Waals surface area contributed by atoms with Crippen LogP contribution in [-0.4, -0.2) is 15.9 Å². The van der Waals surface area contributed by atoms with Crippen LogP contribution in [0.4, 0.5) is 5.69 Å². The summed E-state index contributed by atoms with van der Waals surface area (Å²) in [6.07, 6.45) is 5.13. The van der Waals surface area contributed by atoms with Gasteiger partial charge in [0.2, 0.25) is 5.91 Å². The molecule has 1 heterocycles. The van der Waals surface area contributed by atoms with Gasteiger partial charge in [0.25, 0.3) is 0 Å². The Balaban J connectivity index is 2.13. The first-order chi connectivity index (χ1) is 10.9. The number of anilines is 1. The third-order valence-electron chi connectivity index (χ3n) is 3.69. The van der Waals surface area contributed by atoms with Crippen molar-refractivity contribution >= 4 is 11.6 Å². The van der Waals surface area contributed by atoms with Gasteiger partial charge in [-0.05, 0) is 12.0 Å². The van der Waals surface area contributed by atoms with Crippen molar-refractivity contribution in [3.63, 3.8) is 0 Å². The van der Waals surface area contributed by atoms with Crippen molar-refractivity contribution in [3.05, 3.63) is 54.1 Å². The molecule has 0 saturated heterocycles. The third kappa shape index (κ3) is 4.62. The Kier molecular flexibility index (Phi) is 5.48. The van der Waals surface area contributed by atoms with Crippen molar-refractivity contribution in [2.75, 3.05) is 5.32 Å². The molecule has 4 nitrogen and oxygen atoms in total. The average molecular weight is 311 g/mol. The quantitative estimate of drug-likeness (QED) is 0.896. The fourth-order valence-corrected chi connectivity index (χ4v) is 2.43. The van der Waals surface area contributed by atoms with E-state index in [1.165, 1.54) is 0 Å². The number of hydrogen-bond acceptors (Lipinski definition) is 3. The summed E-state index contributed by atoms with van der Waals surface area (Å²) in [6, 6.07) is 9.89. The normalized spacial score (nSPS) is 12.7. The average Bonchev–Trinajstić information content (AvgIpc) is 2.53.